The first-order valence-electron chi connectivity index (χ1n) is 51.8. The second kappa shape index (κ2) is 48.9. The smallest absolute Gasteiger partial charge is 0.261 e. The molecule has 0 N–H and O–H groups in total. The highest BCUT2D eigenvalue weighted by molar-refractivity contribution is 7.29. The van der Waals surface area contributed by atoms with Gasteiger partial charge >= 0.3 is 0 Å². The fourth-order valence-electron chi connectivity index (χ4n) is 20.0. The molecular formula is C114H146N4O6S10. The number of nitrogens with zero attached hydrogens (tertiary/aromatic N) is 4. The van der Waals surface area contributed by atoms with Gasteiger partial charge in [0.2, 0.25) is 0 Å². The van der Waals surface area contributed by atoms with Crippen molar-refractivity contribution in [3.63, 3.8) is 0 Å². The van der Waals surface area contributed by atoms with Crippen molar-refractivity contribution in [2.24, 2.45) is 35.5 Å². The molecule has 14 heterocycles. The Labute approximate surface area is 841 Å². The van der Waals surface area contributed by atoms with E-state index >= 15 is 19.2 Å². The second-order valence-electron chi connectivity index (χ2n) is 38.2. The molecule has 0 radical (unpaired) electrons. The number of amides is 4. The first kappa shape index (κ1) is 102. The molecule has 15 rings (SSSR count). The van der Waals surface area contributed by atoms with Crippen molar-refractivity contribution >= 4 is 180 Å². The minimum atomic E-state index is -0.0605. The number of hydrogen-bond acceptors (Lipinski definition) is 16. The van der Waals surface area contributed by atoms with Crippen LogP contribution in [0.5, 0.6) is 11.5 Å². The van der Waals surface area contributed by atoms with E-state index in [9.17, 15) is 0 Å². The molecule has 6 unspecified atom stereocenters. The van der Waals surface area contributed by atoms with Crippen molar-refractivity contribution < 1.29 is 28.7 Å². The van der Waals surface area contributed by atoms with Gasteiger partial charge in [0.05, 0.1) is 87.2 Å². The number of rotatable bonds is 58. The maximum absolute atomic E-state index is 16.3. The summed E-state index contributed by atoms with van der Waals surface area (Å²) in [7, 11) is 0. The lowest BCUT2D eigenvalue weighted by Gasteiger charge is -2.29. The van der Waals surface area contributed by atoms with Gasteiger partial charge in [-0.3, -0.25) is 19.2 Å². The number of carbonyl (C=O) groups excluding carboxylic acids is 4. The van der Waals surface area contributed by atoms with E-state index in [4.69, 9.17) is 9.47 Å². The third-order valence-corrected chi connectivity index (χ3v) is 40.9. The fraction of sp³-hybridized carbons (Fsp3) is 0.526. The van der Waals surface area contributed by atoms with Gasteiger partial charge in [-0.25, -0.2) is 0 Å². The minimum Gasteiger partial charge on any atom is -0.491 e. The quantitative estimate of drug-likeness (QED) is 0.0352. The summed E-state index contributed by atoms with van der Waals surface area (Å²) in [6, 6.07) is 40.8. The summed E-state index contributed by atoms with van der Waals surface area (Å²) in [5.41, 5.74) is 5.30. The second-order valence-corrected chi connectivity index (χ2v) is 49.1. The molecule has 0 fully saturated rings. The van der Waals surface area contributed by atoms with E-state index in [1.165, 1.54) is 90.4 Å². The normalized spacial score (nSPS) is 15.7. The molecule has 718 valence electrons. The Morgan fingerprint density at radius 2 is 0.463 bits per heavy atom. The Morgan fingerprint density at radius 3 is 0.716 bits per heavy atom. The Hall–Kier alpha value is -6.82. The molecular weight excluding hydrogens is 1840 g/mol. The zero-order valence-corrected chi connectivity index (χ0v) is 90.6. The third kappa shape index (κ3) is 22.8. The lowest BCUT2D eigenvalue weighted by Crippen LogP contribution is -2.34. The van der Waals surface area contributed by atoms with Gasteiger partial charge in [-0.1, -0.05) is 251 Å². The fourth-order valence-corrected chi connectivity index (χ4v) is 31.2. The van der Waals surface area contributed by atoms with Crippen LogP contribution < -0.4 is 9.47 Å². The molecule has 11 aromatic rings. The van der Waals surface area contributed by atoms with Crippen LogP contribution in [0.1, 0.15) is 332 Å². The molecule has 20 heteroatoms. The molecule has 10 aromatic heterocycles. The molecule has 6 atom stereocenters. The van der Waals surface area contributed by atoms with Crippen molar-refractivity contribution in [3.8, 4) is 70.0 Å². The number of ether oxygens (including phenoxy) is 2. The first-order chi connectivity index (χ1) is 65.5. The summed E-state index contributed by atoms with van der Waals surface area (Å²) < 4.78 is 17.2. The van der Waals surface area contributed by atoms with Gasteiger partial charge in [0.1, 0.15) is 11.5 Å². The summed E-state index contributed by atoms with van der Waals surface area (Å²) in [6.45, 7) is 35.1. The molecule has 0 bridgehead atoms. The molecule has 4 aliphatic rings. The molecule has 0 saturated heterocycles. The highest BCUT2D eigenvalue weighted by atomic mass is 32.1. The van der Waals surface area contributed by atoms with Crippen LogP contribution in [-0.2, 0) is 32.0 Å². The Morgan fingerprint density at radius 1 is 0.239 bits per heavy atom. The molecule has 134 heavy (non-hydrogen) atoms. The maximum Gasteiger partial charge on any atom is 0.261 e. The highest BCUT2D eigenvalue weighted by Gasteiger charge is 2.52. The minimum absolute atomic E-state index is 0.0605. The van der Waals surface area contributed by atoms with E-state index in [2.05, 4.69) is 206 Å². The van der Waals surface area contributed by atoms with Crippen LogP contribution in [0, 0.1) is 35.5 Å². The van der Waals surface area contributed by atoms with E-state index < -0.39 is 0 Å². The van der Waals surface area contributed by atoms with Gasteiger partial charge in [-0.15, -0.1) is 113 Å². The molecule has 1 aromatic carbocycles. The summed E-state index contributed by atoms with van der Waals surface area (Å²) in [5.74, 6) is 3.25. The van der Waals surface area contributed by atoms with Crippen LogP contribution in [0.2, 0.25) is 0 Å². The van der Waals surface area contributed by atoms with Crippen molar-refractivity contribution in [3.05, 3.63) is 161 Å². The van der Waals surface area contributed by atoms with Gasteiger partial charge in [0, 0.05) is 105 Å². The Bertz CT molecular complexity index is 5510. The topological polar surface area (TPSA) is 99.7 Å². The Kier molecular flexibility index (Phi) is 37.0. The van der Waals surface area contributed by atoms with Crippen LogP contribution in [0.15, 0.2) is 131 Å². The number of aryl methyl sites for hydroxylation is 2. The predicted molar refractivity (Wildman–Crippen MR) is 587 cm³/mol. The van der Waals surface area contributed by atoms with E-state index in [-0.39, 0.29) is 47.3 Å². The van der Waals surface area contributed by atoms with Gasteiger partial charge in [-0.2, -0.15) is 0 Å². The van der Waals surface area contributed by atoms with Crippen molar-refractivity contribution in [2.75, 3.05) is 39.4 Å². The van der Waals surface area contributed by atoms with Crippen LogP contribution in [0.4, 0.5) is 0 Å². The van der Waals surface area contributed by atoms with E-state index in [0.29, 0.717) is 73.5 Å². The van der Waals surface area contributed by atoms with Gasteiger partial charge in [-0.05, 0) is 209 Å². The average molecular weight is 1990 g/mol. The third-order valence-electron chi connectivity index (χ3n) is 28.6. The first-order valence-corrected chi connectivity index (χ1v) is 60.0. The summed E-state index contributed by atoms with van der Waals surface area (Å²) in [4.78, 5) is 94.3. The van der Waals surface area contributed by atoms with E-state index in [0.717, 1.165) is 270 Å². The molecule has 4 amide bonds. The average Bonchev–Trinajstić information content (AvgIpc) is 1.55. The van der Waals surface area contributed by atoms with Crippen molar-refractivity contribution in [1.82, 2.24) is 19.6 Å². The number of unbranched alkanes of at least 4 members (excludes halogenated alkanes) is 12. The number of hydrogen-bond donors (Lipinski definition) is 0. The van der Waals surface area contributed by atoms with Crippen LogP contribution in [-0.4, -0.2) is 82.6 Å². The van der Waals surface area contributed by atoms with Crippen LogP contribution >= 0.6 is 113 Å². The van der Waals surface area contributed by atoms with Crippen molar-refractivity contribution in [2.45, 2.75) is 315 Å². The Balaban J connectivity index is 0.846. The standard InChI is InChI=1S/C114H146N4O6S10/c1-15-29-37-39-47-79-49-51-83(125-79)85-53-55-87(127-85)89-57-61-93(129-89)103-99-101(113(121)115(103)67-73(23-9)41-31-17-3)105(117(111(99)119)69-75(25-11)43-33-19-5)95-63-59-91(131-95)97-65-81-107(123-71-77(27-13)45-35-21-7)110-82(108(109(81)133-97)124-72-78(28-14)46-36-22-8)66-98(134-110)92-60-64-96(132-92)106-102-100(112(120)118(106)70-76(26-12)44-34-20-6)104(116(114(102)122)68-74(24-10)42-32-18-4)94-62-58-90(130-94)88-56-54-86(128-88)84-52-50-80(126-84)48-40-38-30-16-2/h49-66,73-78H,15-48,67-72H2,1-14H3. The van der Waals surface area contributed by atoms with Crippen LogP contribution in [0.25, 0.3) is 101 Å². The number of carbonyl (C=O) groups is 4. The SMILES string of the molecule is CCCCCCc1ccc(-c2ccc(-c3ccc(C4=C5C(=O)N(CC(CC)CCCC)C(c6ccc(-c7cc8c(OCC(CC)CCCC)c9sc(-c%10ccc(C%11=C%12C(=O)N(CC(CC)CCCC)C(c%13ccc(-c%14ccc(-c%15ccc(CCCCCC)s%15)s%14)s%13)=C%12C(=O)N%11CC(CC)CCCC)s%10)cc9c(OCC(CC)CCCC)c8s7)s6)=C5C(=O)N4CC(CC)CCCC)s3)s2)s1. The lowest BCUT2D eigenvalue weighted by atomic mass is 9.98. The molecule has 0 spiro atoms. The van der Waals surface area contributed by atoms with E-state index in [1.54, 1.807) is 68.0 Å². The largest absolute Gasteiger partial charge is 0.491 e. The molecule has 10 nitrogen and oxygen atoms in total. The molecule has 0 saturated carbocycles. The zero-order valence-electron chi connectivity index (χ0n) is 82.5. The van der Waals surface area contributed by atoms with Gasteiger partial charge in [0.15, 0.2) is 0 Å². The summed E-state index contributed by atoms with van der Waals surface area (Å²) >= 11 is 17.9. The summed E-state index contributed by atoms with van der Waals surface area (Å²) in [6.07, 6.45) is 37.4. The molecule has 0 aliphatic carbocycles. The number of thiophene rings is 10. The van der Waals surface area contributed by atoms with Crippen molar-refractivity contribution in [1.29, 1.82) is 0 Å². The van der Waals surface area contributed by atoms with Crippen LogP contribution in [0.3, 0.4) is 0 Å². The summed E-state index contributed by atoms with van der Waals surface area (Å²) in [5, 5.41) is 2.06. The molecule has 4 aliphatic heterocycles. The number of benzene rings is 1. The van der Waals surface area contributed by atoms with Gasteiger partial charge < -0.3 is 29.1 Å². The number of fused-ring (bicyclic) bond motifs is 4. The zero-order chi connectivity index (χ0) is 94.1. The lowest BCUT2D eigenvalue weighted by molar-refractivity contribution is -0.124. The maximum atomic E-state index is 16.3. The highest BCUT2D eigenvalue weighted by Crippen LogP contribution is 2.59. The predicted octanol–water partition coefficient (Wildman–Crippen LogP) is 36.5. The van der Waals surface area contributed by atoms with E-state index in [1.807, 2.05) is 64.9 Å². The monoisotopic (exact) mass is 1990 g/mol. The van der Waals surface area contributed by atoms with Gasteiger partial charge in [0.25, 0.3) is 23.6 Å².